The van der Waals surface area contributed by atoms with Crippen LogP contribution in [0.3, 0.4) is 0 Å². The molecule has 0 aliphatic carbocycles. The predicted octanol–water partition coefficient (Wildman–Crippen LogP) is 2.55. The van der Waals surface area contributed by atoms with E-state index < -0.39 is 0 Å². The number of thiocarbonyl (C=S) groups is 1. The number of hydrogen-bond acceptors (Lipinski definition) is 4. The molecule has 0 saturated heterocycles. The Bertz CT molecular complexity index is 559. The van der Waals surface area contributed by atoms with Crippen molar-refractivity contribution in [2.24, 2.45) is 5.92 Å². The number of nitrogens with one attached hydrogen (secondary N) is 3. The van der Waals surface area contributed by atoms with Gasteiger partial charge in [0.2, 0.25) is 5.91 Å². The van der Waals surface area contributed by atoms with Gasteiger partial charge in [0.1, 0.15) is 5.75 Å². The fourth-order valence-electron chi connectivity index (χ4n) is 1.71. The molecule has 2 amide bonds. The number of benzene rings is 1. The number of hydrogen-bond donors (Lipinski definition) is 3. The highest BCUT2D eigenvalue weighted by molar-refractivity contribution is 7.80. The number of hydrazine groups is 1. The lowest BCUT2D eigenvalue weighted by molar-refractivity contribution is -0.119. The molecular weight excluding hydrogens is 326 g/mol. The largest absolute Gasteiger partial charge is 0.493 e. The number of unbranched alkanes of at least 4 members (excludes halogenated alkanes) is 1. The maximum absolute atomic E-state index is 12.0. The van der Waals surface area contributed by atoms with E-state index in [1.807, 2.05) is 6.92 Å². The van der Waals surface area contributed by atoms with E-state index in [9.17, 15) is 9.59 Å². The van der Waals surface area contributed by atoms with Crippen molar-refractivity contribution in [3.63, 3.8) is 0 Å². The van der Waals surface area contributed by atoms with Gasteiger partial charge in [0, 0.05) is 12.0 Å². The molecule has 0 bridgehead atoms. The first-order chi connectivity index (χ1) is 11.4. The lowest BCUT2D eigenvalue weighted by Gasteiger charge is -2.11. The molecule has 0 radical (unpaired) electrons. The third-order valence-corrected chi connectivity index (χ3v) is 3.20. The van der Waals surface area contributed by atoms with Gasteiger partial charge in [-0.2, -0.15) is 0 Å². The molecule has 0 saturated carbocycles. The number of rotatable bonds is 7. The molecule has 0 heterocycles. The summed E-state index contributed by atoms with van der Waals surface area (Å²) in [6, 6.07) is 6.80. The maximum atomic E-state index is 12.0. The highest BCUT2D eigenvalue weighted by Crippen LogP contribution is 2.13. The molecule has 3 N–H and O–H groups in total. The van der Waals surface area contributed by atoms with Gasteiger partial charge in [-0.15, -0.1) is 0 Å². The fourth-order valence-corrected chi connectivity index (χ4v) is 1.87. The van der Waals surface area contributed by atoms with Crippen LogP contribution in [0.5, 0.6) is 5.75 Å². The molecule has 0 unspecified atom stereocenters. The lowest BCUT2D eigenvalue weighted by atomic mass is 10.2. The molecule has 0 aromatic heterocycles. The van der Waals surface area contributed by atoms with Crippen LogP contribution in [-0.4, -0.2) is 23.5 Å². The molecule has 1 aromatic carbocycles. The van der Waals surface area contributed by atoms with E-state index in [1.54, 1.807) is 24.3 Å². The van der Waals surface area contributed by atoms with E-state index >= 15 is 0 Å². The van der Waals surface area contributed by atoms with E-state index in [4.69, 9.17) is 17.0 Å². The summed E-state index contributed by atoms with van der Waals surface area (Å²) < 4.78 is 5.56. The highest BCUT2D eigenvalue weighted by atomic mass is 32.1. The van der Waals surface area contributed by atoms with Crippen LogP contribution >= 0.6 is 12.2 Å². The Morgan fingerprint density at radius 1 is 1.17 bits per heavy atom. The Morgan fingerprint density at radius 2 is 1.83 bits per heavy atom. The van der Waals surface area contributed by atoms with E-state index in [0.717, 1.165) is 12.8 Å². The average Bonchev–Trinajstić information content (AvgIpc) is 2.56. The monoisotopic (exact) mass is 351 g/mol. The summed E-state index contributed by atoms with van der Waals surface area (Å²) in [5, 5.41) is 2.58. The van der Waals surface area contributed by atoms with Crippen LogP contribution in [0.2, 0.25) is 0 Å². The highest BCUT2D eigenvalue weighted by Gasteiger charge is 2.08. The van der Waals surface area contributed by atoms with Gasteiger partial charge in [-0.25, -0.2) is 0 Å². The Hall–Kier alpha value is -2.15. The smallest absolute Gasteiger partial charge is 0.269 e. The summed E-state index contributed by atoms with van der Waals surface area (Å²) in [5.74, 6) is 0.628. The summed E-state index contributed by atoms with van der Waals surface area (Å²) in [5.41, 5.74) is 5.41. The van der Waals surface area contributed by atoms with Crippen LogP contribution in [-0.2, 0) is 4.79 Å². The van der Waals surface area contributed by atoms with Gasteiger partial charge in [-0.3, -0.25) is 20.4 Å². The average molecular weight is 351 g/mol. The lowest BCUT2D eigenvalue weighted by Crippen LogP contribution is -2.48. The van der Waals surface area contributed by atoms with Crippen molar-refractivity contribution >= 4 is 29.1 Å². The van der Waals surface area contributed by atoms with Crippen molar-refractivity contribution in [3.05, 3.63) is 29.8 Å². The Morgan fingerprint density at radius 3 is 2.42 bits per heavy atom. The third-order valence-electron chi connectivity index (χ3n) is 3.00. The summed E-state index contributed by atoms with van der Waals surface area (Å²) in [7, 11) is 0. The van der Waals surface area contributed by atoms with E-state index in [1.165, 1.54) is 0 Å². The number of carbonyl (C=O) groups excluding carboxylic acids is 2. The Kier molecular flexibility index (Phi) is 8.78. The molecule has 0 fully saturated rings. The van der Waals surface area contributed by atoms with Crippen LogP contribution in [0.15, 0.2) is 24.3 Å². The van der Waals surface area contributed by atoms with Gasteiger partial charge < -0.3 is 10.1 Å². The molecule has 1 rings (SSSR count). The minimum atomic E-state index is -0.351. The second-order valence-corrected chi connectivity index (χ2v) is 6.20. The SMILES string of the molecule is CCCCC(=O)NC(=S)NNC(=O)c1ccc(OCC(C)C)cc1. The minimum absolute atomic E-state index is 0.0707. The molecule has 0 atom stereocenters. The van der Waals surface area contributed by atoms with Gasteiger partial charge in [-0.1, -0.05) is 27.2 Å². The first kappa shape index (κ1) is 19.9. The zero-order valence-corrected chi connectivity index (χ0v) is 15.2. The standard InChI is InChI=1S/C17H25N3O3S/c1-4-5-6-15(21)18-17(24)20-19-16(22)13-7-9-14(10-8-13)23-11-12(2)3/h7-10,12H,4-6,11H2,1-3H3,(H,19,22)(H2,18,20,21,24). The van der Waals surface area contributed by atoms with Gasteiger partial charge in [0.05, 0.1) is 6.61 Å². The third kappa shape index (κ3) is 7.92. The minimum Gasteiger partial charge on any atom is -0.493 e. The summed E-state index contributed by atoms with van der Waals surface area (Å²) in [6.45, 7) is 6.76. The van der Waals surface area contributed by atoms with Crippen LogP contribution in [0, 0.1) is 5.92 Å². The molecule has 0 aliphatic heterocycles. The van der Waals surface area contributed by atoms with Crippen molar-refractivity contribution in [1.82, 2.24) is 16.2 Å². The number of ether oxygens (including phenoxy) is 1. The quantitative estimate of drug-likeness (QED) is 0.520. The fraction of sp³-hybridized carbons (Fsp3) is 0.471. The molecule has 24 heavy (non-hydrogen) atoms. The van der Waals surface area contributed by atoms with Gasteiger partial charge in [0.15, 0.2) is 5.11 Å². The topological polar surface area (TPSA) is 79.5 Å². The van der Waals surface area contributed by atoms with Crippen molar-refractivity contribution < 1.29 is 14.3 Å². The molecule has 1 aromatic rings. The second-order valence-electron chi connectivity index (χ2n) is 5.79. The van der Waals surface area contributed by atoms with Crippen LogP contribution in [0.25, 0.3) is 0 Å². The molecule has 6 nitrogen and oxygen atoms in total. The Balaban J connectivity index is 2.39. The zero-order valence-electron chi connectivity index (χ0n) is 14.3. The van der Waals surface area contributed by atoms with E-state index in [0.29, 0.717) is 30.3 Å². The van der Waals surface area contributed by atoms with Crippen molar-refractivity contribution in [1.29, 1.82) is 0 Å². The molecule has 7 heteroatoms. The normalized spacial score (nSPS) is 10.2. The van der Waals surface area contributed by atoms with Gasteiger partial charge >= 0.3 is 0 Å². The molecule has 0 spiro atoms. The molecular formula is C17H25N3O3S. The first-order valence-electron chi connectivity index (χ1n) is 8.05. The van der Waals surface area contributed by atoms with Crippen LogP contribution in [0.4, 0.5) is 0 Å². The van der Waals surface area contributed by atoms with Crippen molar-refractivity contribution in [3.8, 4) is 5.75 Å². The van der Waals surface area contributed by atoms with E-state index in [2.05, 4.69) is 30.0 Å². The van der Waals surface area contributed by atoms with Crippen molar-refractivity contribution in [2.75, 3.05) is 6.61 Å². The number of amides is 2. The van der Waals surface area contributed by atoms with E-state index in [-0.39, 0.29) is 16.9 Å². The van der Waals surface area contributed by atoms with Crippen LogP contribution < -0.4 is 20.9 Å². The van der Waals surface area contributed by atoms with Gasteiger partial charge in [0.25, 0.3) is 5.91 Å². The zero-order chi connectivity index (χ0) is 17.9. The van der Waals surface area contributed by atoms with Crippen molar-refractivity contribution in [2.45, 2.75) is 40.0 Å². The van der Waals surface area contributed by atoms with Gasteiger partial charge in [-0.05, 0) is 48.8 Å². The molecule has 132 valence electrons. The second kappa shape index (κ2) is 10.6. The maximum Gasteiger partial charge on any atom is 0.269 e. The summed E-state index contributed by atoms with van der Waals surface area (Å²) in [6.07, 6.45) is 2.14. The first-order valence-corrected chi connectivity index (χ1v) is 8.46. The van der Waals surface area contributed by atoms with Crippen LogP contribution in [0.1, 0.15) is 50.4 Å². The summed E-state index contributed by atoms with van der Waals surface area (Å²) in [4.78, 5) is 23.5. The molecule has 0 aliphatic rings. The summed E-state index contributed by atoms with van der Waals surface area (Å²) >= 11 is 4.95. The Labute approximate surface area is 148 Å². The predicted molar refractivity (Wildman–Crippen MR) is 97.6 cm³/mol. The number of carbonyl (C=O) groups is 2.